The first kappa shape index (κ1) is 12.9. The van der Waals surface area contributed by atoms with Crippen molar-refractivity contribution in [1.82, 2.24) is 4.90 Å². The monoisotopic (exact) mass is 239 g/mol. The summed E-state index contributed by atoms with van der Waals surface area (Å²) in [7, 11) is 0. The minimum atomic E-state index is 0.351. The second-order valence-corrected chi connectivity index (χ2v) is 5.71. The van der Waals surface area contributed by atoms with Crippen LogP contribution < -0.4 is 0 Å². The lowest BCUT2D eigenvalue weighted by Gasteiger charge is -2.26. The van der Waals surface area contributed by atoms with Crippen molar-refractivity contribution >= 4 is 5.91 Å². The van der Waals surface area contributed by atoms with E-state index < -0.39 is 0 Å². The third-order valence-corrected chi connectivity index (χ3v) is 4.78. The van der Waals surface area contributed by atoms with Gasteiger partial charge in [0.25, 0.3) is 0 Å². The zero-order valence-corrected chi connectivity index (χ0v) is 11.2. The van der Waals surface area contributed by atoms with Crippen LogP contribution in [-0.4, -0.2) is 37.1 Å². The molecule has 0 aromatic heterocycles. The number of likely N-dealkylation sites (tertiary alicyclic amines) is 1. The third kappa shape index (κ3) is 2.82. The fourth-order valence-corrected chi connectivity index (χ4v) is 3.10. The average molecular weight is 239 g/mol. The normalized spacial score (nSPS) is 27.6. The number of rotatable bonds is 4. The Hall–Kier alpha value is -0.570. The molecule has 2 fully saturated rings. The molecule has 1 atom stereocenters. The fourth-order valence-electron chi connectivity index (χ4n) is 3.10. The first-order valence-corrected chi connectivity index (χ1v) is 7.04. The van der Waals surface area contributed by atoms with Crippen LogP contribution in [0.2, 0.25) is 0 Å². The van der Waals surface area contributed by atoms with Gasteiger partial charge in [-0.3, -0.25) is 4.79 Å². The molecule has 0 aliphatic carbocycles. The number of nitrogens with zero attached hydrogens (tertiary/aromatic N) is 1. The molecule has 0 spiro atoms. The lowest BCUT2D eigenvalue weighted by atomic mass is 9.82. The van der Waals surface area contributed by atoms with Gasteiger partial charge < -0.3 is 9.64 Å². The highest BCUT2D eigenvalue weighted by Gasteiger charge is 2.37. The van der Waals surface area contributed by atoms with E-state index in [-0.39, 0.29) is 0 Å². The van der Waals surface area contributed by atoms with E-state index in [2.05, 4.69) is 18.7 Å². The predicted molar refractivity (Wildman–Crippen MR) is 67.8 cm³/mol. The Bertz CT molecular complexity index is 267. The van der Waals surface area contributed by atoms with E-state index in [0.717, 1.165) is 32.7 Å². The predicted octanol–water partition coefficient (Wildman–Crippen LogP) is 2.45. The summed E-state index contributed by atoms with van der Waals surface area (Å²) in [5, 5.41) is 0. The Labute approximate surface area is 105 Å². The van der Waals surface area contributed by atoms with E-state index in [4.69, 9.17) is 4.74 Å². The maximum Gasteiger partial charge on any atom is 0.222 e. The molecular formula is C14H25NO2. The molecule has 2 aliphatic rings. The molecule has 3 nitrogen and oxygen atoms in total. The molecule has 0 saturated carbocycles. The van der Waals surface area contributed by atoms with Crippen molar-refractivity contribution < 1.29 is 9.53 Å². The van der Waals surface area contributed by atoms with Crippen molar-refractivity contribution in [2.45, 2.75) is 46.0 Å². The first-order valence-electron chi connectivity index (χ1n) is 7.04. The molecule has 2 saturated heterocycles. The minimum absolute atomic E-state index is 0.351. The van der Waals surface area contributed by atoms with Crippen molar-refractivity contribution in [3.63, 3.8) is 0 Å². The summed E-state index contributed by atoms with van der Waals surface area (Å²) in [5.74, 6) is 0.824. The summed E-state index contributed by atoms with van der Waals surface area (Å²) in [6.07, 6.45) is 5.34. The molecule has 2 heterocycles. The van der Waals surface area contributed by atoms with Crippen LogP contribution in [0.15, 0.2) is 0 Å². The largest absolute Gasteiger partial charge is 0.381 e. The maximum atomic E-state index is 12.2. The van der Waals surface area contributed by atoms with Gasteiger partial charge >= 0.3 is 0 Å². The first-order chi connectivity index (χ1) is 8.19. The Morgan fingerprint density at radius 1 is 1.41 bits per heavy atom. The van der Waals surface area contributed by atoms with Crippen molar-refractivity contribution in [2.24, 2.45) is 11.3 Å². The summed E-state index contributed by atoms with van der Waals surface area (Å²) in [6.45, 7) is 8.07. The zero-order valence-electron chi connectivity index (χ0n) is 11.2. The number of hydrogen-bond acceptors (Lipinski definition) is 2. The molecule has 0 bridgehead atoms. The van der Waals surface area contributed by atoms with Gasteiger partial charge in [0.15, 0.2) is 0 Å². The van der Waals surface area contributed by atoms with Gasteiger partial charge in [0.1, 0.15) is 0 Å². The van der Waals surface area contributed by atoms with Crippen LogP contribution in [0.3, 0.4) is 0 Å². The molecule has 0 aromatic rings. The number of ether oxygens (including phenoxy) is 1. The fraction of sp³-hybridized carbons (Fsp3) is 0.929. The summed E-state index contributed by atoms with van der Waals surface area (Å²) in [4.78, 5) is 14.3. The molecule has 3 heteroatoms. The minimum Gasteiger partial charge on any atom is -0.381 e. The van der Waals surface area contributed by atoms with Gasteiger partial charge in [-0.05, 0) is 37.0 Å². The van der Waals surface area contributed by atoms with Gasteiger partial charge in [-0.1, -0.05) is 13.8 Å². The smallest absolute Gasteiger partial charge is 0.222 e. The van der Waals surface area contributed by atoms with E-state index in [1.807, 2.05) is 0 Å². The number of amides is 1. The summed E-state index contributed by atoms with van der Waals surface area (Å²) in [5.41, 5.74) is 0.405. The highest BCUT2D eigenvalue weighted by molar-refractivity contribution is 5.76. The van der Waals surface area contributed by atoms with Crippen LogP contribution in [0.1, 0.15) is 46.0 Å². The molecule has 0 radical (unpaired) electrons. The second kappa shape index (κ2) is 5.38. The van der Waals surface area contributed by atoms with Gasteiger partial charge in [-0.2, -0.15) is 0 Å². The number of hydrogen-bond donors (Lipinski definition) is 0. The van der Waals surface area contributed by atoms with Crippen LogP contribution >= 0.6 is 0 Å². The molecule has 98 valence electrons. The van der Waals surface area contributed by atoms with Crippen molar-refractivity contribution in [3.8, 4) is 0 Å². The summed E-state index contributed by atoms with van der Waals surface area (Å²) >= 11 is 0. The molecule has 2 aliphatic heterocycles. The molecule has 0 aromatic carbocycles. The Balaban J connectivity index is 1.84. The lowest BCUT2D eigenvalue weighted by molar-refractivity contribution is -0.131. The van der Waals surface area contributed by atoms with Crippen molar-refractivity contribution in [1.29, 1.82) is 0 Å². The highest BCUT2D eigenvalue weighted by atomic mass is 16.5. The molecule has 1 amide bonds. The zero-order chi connectivity index (χ0) is 12.3. The van der Waals surface area contributed by atoms with E-state index in [0.29, 0.717) is 23.7 Å². The lowest BCUT2D eigenvalue weighted by Crippen LogP contribution is -2.33. The SMILES string of the molecule is CCC1(CC)CCN(C(=O)C[C@@H]2CCOC2)C1. The Morgan fingerprint density at radius 2 is 2.18 bits per heavy atom. The number of carbonyl (C=O) groups excluding carboxylic acids is 1. The van der Waals surface area contributed by atoms with Crippen LogP contribution in [0, 0.1) is 11.3 Å². The van der Waals surface area contributed by atoms with Gasteiger partial charge in [-0.15, -0.1) is 0 Å². The average Bonchev–Trinajstić information content (AvgIpc) is 2.97. The number of carbonyl (C=O) groups is 1. The van der Waals surface area contributed by atoms with E-state index in [1.165, 1.54) is 19.3 Å². The van der Waals surface area contributed by atoms with Gasteiger partial charge in [0.2, 0.25) is 5.91 Å². The van der Waals surface area contributed by atoms with Crippen LogP contribution in [0.4, 0.5) is 0 Å². The van der Waals surface area contributed by atoms with Crippen LogP contribution in [0.5, 0.6) is 0 Å². The highest BCUT2D eigenvalue weighted by Crippen LogP contribution is 2.37. The van der Waals surface area contributed by atoms with Crippen molar-refractivity contribution in [2.75, 3.05) is 26.3 Å². The van der Waals surface area contributed by atoms with Crippen LogP contribution in [-0.2, 0) is 9.53 Å². The maximum absolute atomic E-state index is 12.2. The van der Waals surface area contributed by atoms with E-state index >= 15 is 0 Å². The quantitative estimate of drug-likeness (QED) is 0.754. The standard InChI is InChI=1S/C14H25NO2/c1-3-14(4-2)6-7-15(11-14)13(16)9-12-5-8-17-10-12/h12H,3-11H2,1-2H3/t12-/m0/s1. The van der Waals surface area contributed by atoms with Gasteiger partial charge in [0.05, 0.1) is 0 Å². The van der Waals surface area contributed by atoms with Gasteiger partial charge in [-0.25, -0.2) is 0 Å². The third-order valence-electron chi connectivity index (χ3n) is 4.78. The summed E-state index contributed by atoms with van der Waals surface area (Å²) in [6, 6.07) is 0. The Morgan fingerprint density at radius 3 is 2.71 bits per heavy atom. The molecular weight excluding hydrogens is 214 g/mol. The molecule has 2 rings (SSSR count). The molecule has 17 heavy (non-hydrogen) atoms. The van der Waals surface area contributed by atoms with Crippen LogP contribution in [0.25, 0.3) is 0 Å². The molecule has 0 N–H and O–H groups in total. The second-order valence-electron chi connectivity index (χ2n) is 5.71. The van der Waals surface area contributed by atoms with Gasteiger partial charge in [0, 0.05) is 32.7 Å². The summed E-state index contributed by atoms with van der Waals surface area (Å²) < 4.78 is 5.33. The Kier molecular flexibility index (Phi) is 4.08. The molecule has 0 unspecified atom stereocenters. The topological polar surface area (TPSA) is 29.5 Å². The van der Waals surface area contributed by atoms with Crippen molar-refractivity contribution in [3.05, 3.63) is 0 Å². The van der Waals surface area contributed by atoms with E-state index in [9.17, 15) is 4.79 Å². The van der Waals surface area contributed by atoms with E-state index in [1.54, 1.807) is 0 Å².